The van der Waals surface area contributed by atoms with Gasteiger partial charge in [-0.15, -0.1) is 0 Å². The smallest absolute Gasteiger partial charge is 0.315 e. The van der Waals surface area contributed by atoms with Crippen LogP contribution >= 0.6 is 0 Å². The van der Waals surface area contributed by atoms with E-state index in [1.54, 1.807) is 6.92 Å². The van der Waals surface area contributed by atoms with Crippen LogP contribution in [0.15, 0.2) is 0 Å². The van der Waals surface area contributed by atoms with Crippen molar-refractivity contribution in [3.8, 4) is 0 Å². The van der Waals surface area contributed by atoms with Crippen LogP contribution in [-0.2, 0) is 14.6 Å². The number of urea groups is 1. The van der Waals surface area contributed by atoms with E-state index in [0.717, 1.165) is 12.7 Å². The van der Waals surface area contributed by atoms with Gasteiger partial charge in [0.05, 0.1) is 18.4 Å². The fraction of sp³-hybridized carbons (Fsp3) is 0.889. The van der Waals surface area contributed by atoms with Crippen LogP contribution < -0.4 is 10.6 Å². The Morgan fingerprint density at radius 1 is 1.56 bits per heavy atom. The summed E-state index contributed by atoms with van der Waals surface area (Å²) in [4.78, 5) is 11.4. The van der Waals surface area contributed by atoms with E-state index in [2.05, 4.69) is 10.6 Å². The Morgan fingerprint density at radius 2 is 2.25 bits per heavy atom. The van der Waals surface area contributed by atoms with Gasteiger partial charge in [0.15, 0.2) is 0 Å². The zero-order valence-corrected chi connectivity index (χ0v) is 10.3. The Bertz CT molecular complexity index is 335. The molecule has 1 fully saturated rings. The highest BCUT2D eigenvalue weighted by Gasteiger charge is 2.19. The number of nitrogens with one attached hydrogen (secondary N) is 2. The topological polar surface area (TPSA) is 84.5 Å². The van der Waals surface area contributed by atoms with Gasteiger partial charge in [0.2, 0.25) is 0 Å². The van der Waals surface area contributed by atoms with Gasteiger partial charge in [0.25, 0.3) is 0 Å². The molecule has 0 spiro atoms. The maximum Gasteiger partial charge on any atom is 0.315 e. The Kier molecular flexibility index (Phi) is 4.55. The number of sulfone groups is 1. The summed E-state index contributed by atoms with van der Waals surface area (Å²) in [6.07, 6.45) is 1.95. The second-order valence-electron chi connectivity index (χ2n) is 4.17. The Morgan fingerprint density at radius 3 is 2.75 bits per heavy atom. The van der Waals surface area contributed by atoms with Crippen molar-refractivity contribution >= 4 is 15.9 Å². The van der Waals surface area contributed by atoms with E-state index in [0.29, 0.717) is 13.2 Å². The van der Waals surface area contributed by atoms with E-state index in [4.69, 9.17) is 4.74 Å². The van der Waals surface area contributed by atoms with E-state index in [-0.39, 0.29) is 17.8 Å². The average molecular weight is 250 g/mol. The summed E-state index contributed by atoms with van der Waals surface area (Å²) >= 11 is 0. The van der Waals surface area contributed by atoms with Crippen molar-refractivity contribution in [1.29, 1.82) is 0 Å². The first kappa shape index (κ1) is 13.2. The molecule has 1 aliphatic heterocycles. The highest BCUT2D eigenvalue weighted by atomic mass is 32.2. The number of hydrogen-bond acceptors (Lipinski definition) is 4. The Hall–Kier alpha value is -0.820. The Labute approximate surface area is 95.7 Å². The van der Waals surface area contributed by atoms with E-state index in [1.807, 2.05) is 0 Å². The van der Waals surface area contributed by atoms with Crippen LogP contribution in [0.4, 0.5) is 4.79 Å². The van der Waals surface area contributed by atoms with Crippen molar-refractivity contribution < 1.29 is 17.9 Å². The van der Waals surface area contributed by atoms with Gasteiger partial charge in [-0.05, 0) is 13.3 Å². The molecule has 2 unspecified atom stereocenters. The molecule has 2 atom stereocenters. The summed E-state index contributed by atoms with van der Waals surface area (Å²) in [6, 6.07) is -0.700. The maximum absolute atomic E-state index is 11.4. The van der Waals surface area contributed by atoms with Gasteiger partial charge < -0.3 is 15.4 Å². The van der Waals surface area contributed by atoms with Gasteiger partial charge in [-0.1, -0.05) is 0 Å². The van der Waals surface area contributed by atoms with E-state index >= 15 is 0 Å². The zero-order chi connectivity index (χ0) is 12.2. The van der Waals surface area contributed by atoms with E-state index in [9.17, 15) is 13.2 Å². The van der Waals surface area contributed by atoms with Crippen molar-refractivity contribution in [1.82, 2.24) is 10.6 Å². The molecule has 1 saturated heterocycles. The number of carbonyl (C=O) groups is 1. The zero-order valence-electron chi connectivity index (χ0n) is 9.52. The minimum atomic E-state index is -3.06. The molecule has 6 nitrogen and oxygen atoms in total. The van der Waals surface area contributed by atoms with Gasteiger partial charge in [0.1, 0.15) is 9.84 Å². The summed E-state index contributed by atoms with van der Waals surface area (Å²) in [5, 5.41) is 5.30. The quantitative estimate of drug-likeness (QED) is 0.705. The van der Waals surface area contributed by atoms with Gasteiger partial charge in [-0.2, -0.15) is 0 Å². The van der Waals surface area contributed by atoms with Crippen LogP contribution in [0.5, 0.6) is 0 Å². The molecule has 0 bridgehead atoms. The predicted octanol–water partition coefficient (Wildman–Crippen LogP) is -0.492. The maximum atomic E-state index is 11.4. The number of carbonyl (C=O) groups excluding carboxylic acids is 1. The molecule has 0 aliphatic carbocycles. The minimum absolute atomic E-state index is 0.0328. The Balaban J connectivity index is 2.27. The third-order valence-electron chi connectivity index (χ3n) is 2.20. The lowest BCUT2D eigenvalue weighted by molar-refractivity contribution is 0.188. The second-order valence-corrected chi connectivity index (χ2v) is 6.36. The summed E-state index contributed by atoms with van der Waals surface area (Å²) in [5.41, 5.74) is 0. The fourth-order valence-electron chi connectivity index (χ4n) is 1.59. The fourth-order valence-corrected chi connectivity index (χ4v) is 2.59. The summed E-state index contributed by atoms with van der Waals surface area (Å²) in [7, 11) is -3.06. The lowest BCUT2D eigenvalue weighted by atomic mass is 10.3. The molecule has 1 heterocycles. The third kappa shape index (κ3) is 5.32. The molecule has 0 aromatic rings. The molecule has 1 aliphatic rings. The lowest BCUT2D eigenvalue weighted by Crippen LogP contribution is -2.47. The van der Waals surface area contributed by atoms with Crippen LogP contribution in [0.2, 0.25) is 0 Å². The molecule has 0 aromatic heterocycles. The van der Waals surface area contributed by atoms with Gasteiger partial charge in [-0.3, -0.25) is 0 Å². The van der Waals surface area contributed by atoms with Gasteiger partial charge in [-0.25, -0.2) is 13.2 Å². The van der Waals surface area contributed by atoms with Crippen molar-refractivity contribution in [2.24, 2.45) is 0 Å². The van der Waals surface area contributed by atoms with Crippen LogP contribution in [0.25, 0.3) is 0 Å². The summed E-state index contributed by atoms with van der Waals surface area (Å²) in [6.45, 7) is 2.84. The summed E-state index contributed by atoms with van der Waals surface area (Å²) < 4.78 is 27.1. The molecule has 0 saturated carbocycles. The summed E-state index contributed by atoms with van der Waals surface area (Å²) in [5.74, 6) is -0.0540. The largest absolute Gasteiger partial charge is 0.379 e. The molecule has 0 aromatic carbocycles. The van der Waals surface area contributed by atoms with Crippen molar-refractivity contribution in [2.75, 3.05) is 25.2 Å². The first-order valence-corrected chi connectivity index (χ1v) is 7.25. The number of amides is 2. The predicted molar refractivity (Wildman–Crippen MR) is 60.1 cm³/mol. The minimum Gasteiger partial charge on any atom is -0.379 e. The standard InChI is InChI=1S/C9H18N2O4S/c1-7(6-16(2,13)14)10-9(12)11-8-3-4-15-5-8/h7-8H,3-6H2,1-2H3,(H2,10,11,12). The van der Waals surface area contributed by atoms with Crippen LogP contribution in [0, 0.1) is 0 Å². The van der Waals surface area contributed by atoms with Crippen LogP contribution in [-0.4, -0.2) is 51.8 Å². The highest BCUT2D eigenvalue weighted by molar-refractivity contribution is 7.90. The second kappa shape index (κ2) is 5.49. The molecular weight excluding hydrogens is 232 g/mol. The normalized spacial score (nSPS) is 22.8. The lowest BCUT2D eigenvalue weighted by Gasteiger charge is -2.16. The van der Waals surface area contributed by atoms with Crippen molar-refractivity contribution in [2.45, 2.75) is 25.4 Å². The molecule has 7 heteroatoms. The van der Waals surface area contributed by atoms with Crippen molar-refractivity contribution in [3.63, 3.8) is 0 Å². The number of rotatable bonds is 4. The molecule has 16 heavy (non-hydrogen) atoms. The first-order valence-electron chi connectivity index (χ1n) is 5.19. The third-order valence-corrected chi connectivity index (χ3v) is 3.30. The monoisotopic (exact) mass is 250 g/mol. The first-order chi connectivity index (χ1) is 7.37. The van der Waals surface area contributed by atoms with Crippen LogP contribution in [0.1, 0.15) is 13.3 Å². The SMILES string of the molecule is CC(CS(C)(=O)=O)NC(=O)NC1CCOC1. The molecule has 0 radical (unpaired) electrons. The number of ether oxygens (including phenoxy) is 1. The molecular formula is C9H18N2O4S. The molecule has 94 valence electrons. The molecule has 1 rings (SSSR count). The molecule has 2 N–H and O–H groups in total. The average Bonchev–Trinajstić information content (AvgIpc) is 2.51. The molecule has 2 amide bonds. The van der Waals surface area contributed by atoms with Gasteiger partial charge in [0, 0.05) is 18.9 Å². The number of hydrogen-bond donors (Lipinski definition) is 2. The van der Waals surface area contributed by atoms with E-state index < -0.39 is 15.9 Å². The van der Waals surface area contributed by atoms with Crippen molar-refractivity contribution in [3.05, 3.63) is 0 Å². The van der Waals surface area contributed by atoms with Gasteiger partial charge >= 0.3 is 6.03 Å². The van der Waals surface area contributed by atoms with E-state index in [1.165, 1.54) is 0 Å². The van der Waals surface area contributed by atoms with Crippen LogP contribution in [0.3, 0.4) is 0 Å². The highest BCUT2D eigenvalue weighted by Crippen LogP contribution is 2.02.